The number of rotatable bonds is 2. The van der Waals surface area contributed by atoms with Crippen LogP contribution in [-0.2, 0) is 6.54 Å². The van der Waals surface area contributed by atoms with Crippen molar-refractivity contribution in [2.24, 2.45) is 5.92 Å². The first-order chi connectivity index (χ1) is 9.79. The third-order valence-electron chi connectivity index (χ3n) is 4.42. The highest BCUT2D eigenvalue weighted by Crippen LogP contribution is 2.25. The Kier molecular flexibility index (Phi) is 3.09. The molecule has 4 heterocycles. The zero-order chi connectivity index (χ0) is 13.5. The van der Waals surface area contributed by atoms with Gasteiger partial charge in [-0.15, -0.1) is 11.3 Å². The van der Waals surface area contributed by atoms with E-state index in [2.05, 4.69) is 15.2 Å². The minimum atomic E-state index is 0.0287. The molecule has 0 unspecified atom stereocenters. The topological polar surface area (TPSA) is 49.6 Å². The van der Waals surface area contributed by atoms with Crippen molar-refractivity contribution in [2.45, 2.75) is 25.4 Å². The van der Waals surface area contributed by atoms with Crippen molar-refractivity contribution in [3.05, 3.63) is 33.7 Å². The van der Waals surface area contributed by atoms with E-state index in [-0.39, 0.29) is 5.56 Å². The number of likely N-dealkylation sites (tertiary alicyclic amines) is 1. The molecule has 0 aliphatic carbocycles. The molecule has 0 bridgehead atoms. The van der Waals surface area contributed by atoms with E-state index in [1.165, 1.54) is 24.2 Å². The molecule has 2 atom stereocenters. The molecule has 4 rings (SSSR count). The normalized spacial score (nSPS) is 27.0. The van der Waals surface area contributed by atoms with Crippen LogP contribution < -0.4 is 10.9 Å². The van der Waals surface area contributed by atoms with Crippen molar-refractivity contribution in [3.8, 4) is 0 Å². The average Bonchev–Trinajstić information content (AvgIpc) is 3.04. The SMILES string of the molecule is O=c1cc(CN2C[C@@H]3CCCN[C@@H]3C2)nc2sccn12. The predicted octanol–water partition coefficient (Wildman–Crippen LogP) is 0.940. The van der Waals surface area contributed by atoms with E-state index < -0.39 is 0 Å². The van der Waals surface area contributed by atoms with Crippen LogP contribution in [-0.4, -0.2) is 40.0 Å². The van der Waals surface area contributed by atoms with Crippen LogP contribution in [0.1, 0.15) is 18.5 Å². The van der Waals surface area contributed by atoms with E-state index in [1.807, 2.05) is 5.38 Å². The second-order valence-electron chi connectivity index (χ2n) is 5.80. The van der Waals surface area contributed by atoms with E-state index in [4.69, 9.17) is 0 Å². The second kappa shape index (κ2) is 4.95. The van der Waals surface area contributed by atoms with Gasteiger partial charge in [-0.1, -0.05) is 0 Å². The summed E-state index contributed by atoms with van der Waals surface area (Å²) in [5, 5.41) is 5.51. The first-order valence-corrected chi connectivity index (χ1v) is 8.09. The highest BCUT2D eigenvalue weighted by atomic mass is 32.1. The summed E-state index contributed by atoms with van der Waals surface area (Å²) in [6.07, 6.45) is 4.40. The summed E-state index contributed by atoms with van der Waals surface area (Å²) in [6, 6.07) is 2.31. The zero-order valence-electron chi connectivity index (χ0n) is 11.3. The molecule has 0 saturated carbocycles. The van der Waals surface area contributed by atoms with Crippen molar-refractivity contribution in [3.63, 3.8) is 0 Å². The number of nitrogens with one attached hydrogen (secondary N) is 1. The summed E-state index contributed by atoms with van der Waals surface area (Å²) in [5.74, 6) is 0.773. The third kappa shape index (κ3) is 2.17. The minimum Gasteiger partial charge on any atom is -0.312 e. The molecule has 2 aliphatic rings. The highest BCUT2D eigenvalue weighted by Gasteiger charge is 2.34. The zero-order valence-corrected chi connectivity index (χ0v) is 12.1. The van der Waals surface area contributed by atoms with Gasteiger partial charge in [-0.05, 0) is 25.3 Å². The Labute approximate surface area is 121 Å². The lowest BCUT2D eigenvalue weighted by molar-refractivity contribution is 0.309. The Morgan fingerprint density at radius 3 is 3.30 bits per heavy atom. The van der Waals surface area contributed by atoms with Crippen LogP contribution in [0.25, 0.3) is 4.96 Å². The third-order valence-corrected chi connectivity index (χ3v) is 5.17. The Bertz CT molecular complexity index is 665. The second-order valence-corrected chi connectivity index (χ2v) is 6.67. The van der Waals surface area contributed by atoms with Gasteiger partial charge < -0.3 is 5.32 Å². The molecular formula is C14H18N4OS. The maximum Gasteiger partial charge on any atom is 0.258 e. The molecule has 20 heavy (non-hydrogen) atoms. The number of hydrogen-bond acceptors (Lipinski definition) is 5. The lowest BCUT2D eigenvalue weighted by atomic mass is 9.94. The van der Waals surface area contributed by atoms with Crippen LogP contribution in [0, 0.1) is 5.92 Å². The molecule has 0 aromatic carbocycles. The fourth-order valence-corrected chi connectivity index (χ4v) is 4.20. The quantitative estimate of drug-likeness (QED) is 0.894. The van der Waals surface area contributed by atoms with Gasteiger partial charge in [0.05, 0.1) is 5.69 Å². The Balaban J connectivity index is 1.54. The van der Waals surface area contributed by atoms with Crippen molar-refractivity contribution >= 4 is 16.3 Å². The van der Waals surface area contributed by atoms with Gasteiger partial charge in [-0.2, -0.15) is 0 Å². The molecule has 0 amide bonds. The molecular weight excluding hydrogens is 272 g/mol. The summed E-state index contributed by atoms with van der Waals surface area (Å²) in [4.78, 5) is 19.8. The molecule has 2 aromatic heterocycles. The lowest BCUT2D eigenvalue weighted by Crippen LogP contribution is -2.40. The first kappa shape index (κ1) is 12.5. The van der Waals surface area contributed by atoms with Crippen LogP contribution >= 0.6 is 11.3 Å². The van der Waals surface area contributed by atoms with Crippen molar-refractivity contribution in [1.82, 2.24) is 19.6 Å². The van der Waals surface area contributed by atoms with Crippen molar-refractivity contribution in [1.29, 1.82) is 0 Å². The Hall–Kier alpha value is -1.24. The number of aromatic nitrogens is 2. The first-order valence-electron chi connectivity index (χ1n) is 7.21. The summed E-state index contributed by atoms with van der Waals surface area (Å²) >= 11 is 1.51. The average molecular weight is 290 g/mol. The Morgan fingerprint density at radius 2 is 2.40 bits per heavy atom. The molecule has 2 aromatic rings. The highest BCUT2D eigenvalue weighted by molar-refractivity contribution is 7.15. The molecule has 0 spiro atoms. The molecule has 1 N–H and O–H groups in total. The van der Waals surface area contributed by atoms with Crippen LogP contribution in [0.2, 0.25) is 0 Å². The Morgan fingerprint density at radius 1 is 1.45 bits per heavy atom. The molecule has 106 valence electrons. The molecule has 5 nitrogen and oxygen atoms in total. The minimum absolute atomic E-state index is 0.0287. The maximum absolute atomic E-state index is 12.0. The number of piperidine rings is 1. The van der Waals surface area contributed by atoms with Gasteiger partial charge in [-0.3, -0.25) is 14.1 Å². The fraction of sp³-hybridized carbons (Fsp3) is 0.571. The summed E-state index contributed by atoms with van der Waals surface area (Å²) < 4.78 is 1.61. The van der Waals surface area contributed by atoms with Gasteiger partial charge in [-0.25, -0.2) is 4.98 Å². The summed E-state index contributed by atoms with van der Waals surface area (Å²) in [7, 11) is 0. The lowest BCUT2D eigenvalue weighted by Gasteiger charge is -2.24. The van der Waals surface area contributed by atoms with E-state index in [0.29, 0.717) is 6.04 Å². The molecule has 6 heteroatoms. The molecule has 2 aliphatic heterocycles. The summed E-state index contributed by atoms with van der Waals surface area (Å²) in [5.41, 5.74) is 0.928. The van der Waals surface area contributed by atoms with Crippen LogP contribution in [0.4, 0.5) is 0 Å². The number of thiazole rings is 1. The fourth-order valence-electron chi connectivity index (χ4n) is 3.46. The molecule has 0 radical (unpaired) electrons. The van der Waals surface area contributed by atoms with E-state index in [1.54, 1.807) is 16.7 Å². The van der Waals surface area contributed by atoms with Gasteiger partial charge >= 0.3 is 0 Å². The molecule has 2 fully saturated rings. The van der Waals surface area contributed by atoms with Gasteiger partial charge in [0, 0.05) is 43.3 Å². The maximum atomic E-state index is 12.0. The standard InChI is InChI=1S/C14H18N4OS/c19-13-6-11(16-14-18(13)4-5-20-14)8-17-7-10-2-1-3-15-12(10)9-17/h4-6,10,12,15H,1-3,7-9H2/t10-,12+/m0/s1. The monoisotopic (exact) mass is 290 g/mol. The van der Waals surface area contributed by atoms with Gasteiger partial charge in [0.25, 0.3) is 5.56 Å². The van der Waals surface area contributed by atoms with Crippen LogP contribution in [0.15, 0.2) is 22.4 Å². The summed E-state index contributed by atoms with van der Waals surface area (Å²) in [6.45, 7) is 4.15. The smallest absolute Gasteiger partial charge is 0.258 e. The van der Waals surface area contributed by atoms with Crippen molar-refractivity contribution < 1.29 is 0 Å². The predicted molar refractivity (Wildman–Crippen MR) is 79.1 cm³/mol. The number of nitrogens with zero attached hydrogens (tertiary/aromatic N) is 3. The largest absolute Gasteiger partial charge is 0.312 e. The van der Waals surface area contributed by atoms with E-state index in [0.717, 1.165) is 42.8 Å². The van der Waals surface area contributed by atoms with Crippen molar-refractivity contribution in [2.75, 3.05) is 19.6 Å². The number of hydrogen-bond donors (Lipinski definition) is 1. The van der Waals surface area contributed by atoms with E-state index in [9.17, 15) is 4.79 Å². The van der Waals surface area contributed by atoms with Gasteiger partial charge in [0.15, 0.2) is 4.96 Å². The molecule has 2 saturated heterocycles. The number of fused-ring (bicyclic) bond motifs is 2. The van der Waals surface area contributed by atoms with Gasteiger partial charge in [0.2, 0.25) is 0 Å². The van der Waals surface area contributed by atoms with Crippen LogP contribution in [0.5, 0.6) is 0 Å². The van der Waals surface area contributed by atoms with Crippen LogP contribution in [0.3, 0.4) is 0 Å². The van der Waals surface area contributed by atoms with Gasteiger partial charge in [0.1, 0.15) is 0 Å². The van der Waals surface area contributed by atoms with E-state index >= 15 is 0 Å².